The number of carboxylic acids is 1. The molecule has 15 heteroatoms. The number of benzene rings is 1. The van der Waals surface area contributed by atoms with E-state index in [2.05, 4.69) is 26.0 Å². The van der Waals surface area contributed by atoms with Crippen molar-refractivity contribution in [1.82, 2.24) is 35.7 Å². The van der Waals surface area contributed by atoms with Gasteiger partial charge >= 0.3 is 12.1 Å². The number of carbonyl (C=O) groups is 4. The molecule has 1 aromatic carbocycles. The highest BCUT2D eigenvalue weighted by Gasteiger charge is 2.61. The fourth-order valence-corrected chi connectivity index (χ4v) is 5.85. The average molecular weight is 626 g/mol. The summed E-state index contributed by atoms with van der Waals surface area (Å²) in [4.78, 5) is 55.6. The van der Waals surface area contributed by atoms with E-state index in [-0.39, 0.29) is 42.6 Å². The average Bonchev–Trinajstić information content (AvgIpc) is 3.28. The number of phenolic OH excluding ortho intramolecular Hbond substituents is 2. The molecule has 1 saturated heterocycles. The summed E-state index contributed by atoms with van der Waals surface area (Å²) in [5, 5.41) is 47.6. The van der Waals surface area contributed by atoms with Crippen LogP contribution < -0.4 is 10.6 Å². The highest BCUT2D eigenvalue weighted by molar-refractivity contribution is 5.96. The summed E-state index contributed by atoms with van der Waals surface area (Å²) in [5.41, 5.74) is -1.87. The number of aromatic hydroxyl groups is 2. The van der Waals surface area contributed by atoms with Gasteiger partial charge in [-0.15, -0.1) is 10.2 Å². The Labute approximate surface area is 259 Å². The van der Waals surface area contributed by atoms with Crippen LogP contribution in [-0.2, 0) is 19.1 Å². The van der Waals surface area contributed by atoms with E-state index in [0.717, 1.165) is 19.3 Å². The third-order valence-corrected chi connectivity index (χ3v) is 8.32. The topological polar surface area (TPSA) is 209 Å². The molecule has 0 radical (unpaired) electrons. The number of nitrogens with one attached hydrogen (secondary N) is 2. The lowest BCUT2D eigenvalue weighted by Crippen LogP contribution is -2.56. The van der Waals surface area contributed by atoms with Crippen LogP contribution in [0.5, 0.6) is 11.5 Å². The molecule has 15 nitrogen and oxygen atoms in total. The highest BCUT2D eigenvalue weighted by Crippen LogP contribution is 2.45. The molecule has 2 aromatic rings. The van der Waals surface area contributed by atoms with Gasteiger partial charge in [0.25, 0.3) is 0 Å². The lowest BCUT2D eigenvalue weighted by atomic mass is 10.0. The number of carbonyl (C=O) groups excluding carboxylic acids is 3. The lowest BCUT2D eigenvalue weighted by molar-refractivity contribution is -0.145. The quantitative estimate of drug-likeness (QED) is 0.246. The fraction of sp³-hybridized carbons (Fsp3) is 0.567. The number of hydrogen-bond acceptors (Lipinski definition) is 10. The molecule has 4 unspecified atom stereocenters. The molecular formula is C30H39N7O8. The summed E-state index contributed by atoms with van der Waals surface area (Å²) in [5.74, 6) is -3.16. The minimum absolute atomic E-state index is 0.0105. The number of aliphatic carboxylic acids is 1. The van der Waals surface area contributed by atoms with E-state index in [1.54, 1.807) is 20.8 Å². The van der Waals surface area contributed by atoms with Crippen molar-refractivity contribution in [2.75, 3.05) is 6.54 Å². The Kier molecular flexibility index (Phi) is 8.72. The van der Waals surface area contributed by atoms with Crippen LogP contribution in [-0.4, -0.2) is 94.1 Å². The van der Waals surface area contributed by atoms with Gasteiger partial charge in [0.15, 0.2) is 11.5 Å². The summed E-state index contributed by atoms with van der Waals surface area (Å²) < 4.78 is 5.42. The molecule has 1 saturated carbocycles. The molecule has 3 amide bonds. The first-order valence-electron chi connectivity index (χ1n) is 15.1. The monoisotopic (exact) mass is 625 g/mol. The SMILES string of the molecule is CC(C)(C)OC(=O)NC1CCCCC/C=C\C2CC2(C(=O)O)NC(=O)C2C[C@@H](n3nnc(-c4ccc(O)c(O)c4)n3)CN2C1=O. The minimum atomic E-state index is -1.46. The molecule has 0 spiro atoms. The first-order chi connectivity index (χ1) is 21.3. The third kappa shape index (κ3) is 7.02. The number of hydrogen-bond donors (Lipinski definition) is 5. The zero-order valence-electron chi connectivity index (χ0n) is 25.5. The summed E-state index contributed by atoms with van der Waals surface area (Å²) in [6.45, 7) is 5.13. The molecule has 3 aliphatic rings. The Morgan fingerprint density at radius 1 is 1.13 bits per heavy atom. The summed E-state index contributed by atoms with van der Waals surface area (Å²) in [7, 11) is 0. The number of allylic oxidation sites excluding steroid dienone is 1. The Morgan fingerprint density at radius 2 is 1.91 bits per heavy atom. The van der Waals surface area contributed by atoms with E-state index in [1.165, 1.54) is 27.9 Å². The number of phenols is 2. The molecule has 3 heterocycles. The molecule has 45 heavy (non-hydrogen) atoms. The Balaban J connectivity index is 1.45. The molecule has 5 rings (SSSR count). The first-order valence-corrected chi connectivity index (χ1v) is 15.1. The van der Waals surface area contributed by atoms with Crippen molar-refractivity contribution in [3.8, 4) is 22.9 Å². The van der Waals surface area contributed by atoms with Crippen molar-refractivity contribution < 1.29 is 39.2 Å². The maximum atomic E-state index is 14.1. The summed E-state index contributed by atoms with van der Waals surface area (Å²) >= 11 is 0. The van der Waals surface area contributed by atoms with Gasteiger partial charge in [0.2, 0.25) is 17.6 Å². The molecule has 1 aromatic heterocycles. The van der Waals surface area contributed by atoms with E-state index < -0.39 is 53.1 Å². The van der Waals surface area contributed by atoms with Gasteiger partial charge in [-0.05, 0) is 69.9 Å². The van der Waals surface area contributed by atoms with Crippen LogP contribution in [0.15, 0.2) is 30.4 Å². The summed E-state index contributed by atoms with van der Waals surface area (Å²) in [6.07, 6.45) is 6.57. The van der Waals surface area contributed by atoms with Crippen LogP contribution in [0.2, 0.25) is 0 Å². The molecule has 2 aliphatic heterocycles. The fourth-order valence-electron chi connectivity index (χ4n) is 5.85. The first kappa shape index (κ1) is 31.7. The van der Waals surface area contributed by atoms with Gasteiger partial charge in [-0.3, -0.25) is 9.59 Å². The third-order valence-electron chi connectivity index (χ3n) is 8.32. The van der Waals surface area contributed by atoms with Gasteiger partial charge in [-0.1, -0.05) is 25.0 Å². The Morgan fingerprint density at radius 3 is 2.62 bits per heavy atom. The predicted octanol–water partition coefficient (Wildman–Crippen LogP) is 2.27. The largest absolute Gasteiger partial charge is 0.504 e. The number of ether oxygens (including phenoxy) is 1. The van der Waals surface area contributed by atoms with Gasteiger partial charge in [0.05, 0.1) is 6.04 Å². The van der Waals surface area contributed by atoms with Crippen LogP contribution in [0, 0.1) is 5.92 Å². The van der Waals surface area contributed by atoms with Gasteiger partial charge in [0, 0.05) is 24.4 Å². The van der Waals surface area contributed by atoms with Crippen LogP contribution in [0.25, 0.3) is 11.4 Å². The predicted molar refractivity (Wildman–Crippen MR) is 158 cm³/mol. The molecular weight excluding hydrogens is 586 g/mol. The van der Waals surface area contributed by atoms with Crippen molar-refractivity contribution in [1.29, 1.82) is 0 Å². The van der Waals surface area contributed by atoms with E-state index >= 15 is 0 Å². The van der Waals surface area contributed by atoms with Crippen molar-refractivity contribution >= 4 is 23.9 Å². The Hall–Kier alpha value is -4.69. The van der Waals surface area contributed by atoms with Crippen LogP contribution >= 0.6 is 0 Å². The molecule has 1 aliphatic carbocycles. The van der Waals surface area contributed by atoms with Gasteiger partial charge in [-0.25, -0.2) is 9.59 Å². The molecule has 242 valence electrons. The second-order valence-electron chi connectivity index (χ2n) is 12.9. The molecule has 0 bridgehead atoms. The van der Waals surface area contributed by atoms with Crippen LogP contribution in [0.3, 0.4) is 0 Å². The number of nitrogens with zero attached hydrogens (tertiary/aromatic N) is 5. The van der Waals surface area contributed by atoms with Crippen molar-refractivity contribution in [2.24, 2.45) is 5.92 Å². The zero-order chi connectivity index (χ0) is 32.5. The maximum absolute atomic E-state index is 14.1. The Bertz CT molecular complexity index is 1500. The second-order valence-corrected chi connectivity index (χ2v) is 12.9. The van der Waals surface area contributed by atoms with Crippen molar-refractivity contribution in [3.63, 3.8) is 0 Å². The minimum Gasteiger partial charge on any atom is -0.504 e. The van der Waals surface area contributed by atoms with Gasteiger partial charge in [-0.2, -0.15) is 4.80 Å². The number of aromatic nitrogens is 4. The maximum Gasteiger partial charge on any atom is 0.408 e. The van der Waals surface area contributed by atoms with E-state index in [4.69, 9.17) is 4.74 Å². The van der Waals surface area contributed by atoms with Crippen LogP contribution in [0.1, 0.15) is 71.8 Å². The number of fused-ring (bicyclic) bond motifs is 2. The lowest BCUT2D eigenvalue weighted by Gasteiger charge is -2.30. The zero-order valence-corrected chi connectivity index (χ0v) is 25.5. The smallest absolute Gasteiger partial charge is 0.408 e. The van der Waals surface area contributed by atoms with E-state index in [1.807, 2.05) is 12.2 Å². The number of carboxylic acid groups (broad SMARTS) is 1. The summed E-state index contributed by atoms with van der Waals surface area (Å²) in [6, 6.07) is 1.39. The van der Waals surface area contributed by atoms with Crippen LogP contribution in [0.4, 0.5) is 4.79 Å². The van der Waals surface area contributed by atoms with Crippen molar-refractivity contribution in [3.05, 3.63) is 30.4 Å². The number of tetrazole rings is 1. The number of amides is 3. The number of alkyl carbamates (subject to hydrolysis) is 1. The van der Waals surface area contributed by atoms with Crippen molar-refractivity contribution in [2.45, 2.75) is 95.0 Å². The molecule has 5 N–H and O–H groups in total. The highest BCUT2D eigenvalue weighted by atomic mass is 16.6. The molecule has 2 fully saturated rings. The second kappa shape index (κ2) is 12.4. The van der Waals surface area contributed by atoms with E-state index in [9.17, 15) is 34.5 Å². The molecule has 5 atom stereocenters. The standard InChI is InChI=1S/C30H39N7O8/c1-29(2,3)45-28(44)31-20-10-8-6-4-5-7-9-18-15-30(18,27(42)43)32-25(40)21-14-19(16-36(21)26(20)41)37-34-24(33-35-37)17-11-12-22(38)23(39)13-17/h7,9,11-13,18-21,38-39H,4-6,8,10,14-16H2,1-3H3,(H,31,44)(H,32,40)(H,42,43)/b9-7-/t18?,19-,20?,21?,30?/m1/s1. The van der Waals surface area contributed by atoms with Gasteiger partial charge in [0.1, 0.15) is 23.2 Å². The normalized spacial score (nSPS) is 28.1. The van der Waals surface area contributed by atoms with Gasteiger partial charge < -0.3 is 35.6 Å². The number of rotatable bonds is 4. The van der Waals surface area contributed by atoms with E-state index in [0.29, 0.717) is 18.4 Å².